The molecule has 0 aliphatic carbocycles. The number of halogens is 1. The molecular formula is C15H17FN2O3. The van der Waals surface area contributed by atoms with Crippen LogP contribution in [-0.4, -0.2) is 48.6 Å². The fourth-order valence-corrected chi connectivity index (χ4v) is 1.48. The molecule has 0 saturated heterocycles. The molecule has 2 N–H and O–H groups in total. The molecule has 0 spiro atoms. The first kappa shape index (κ1) is 16.7. The van der Waals surface area contributed by atoms with Crippen LogP contribution in [0.4, 0.5) is 4.39 Å². The zero-order chi connectivity index (χ0) is 15.8. The molecule has 0 aliphatic heterocycles. The van der Waals surface area contributed by atoms with Crippen LogP contribution in [0.15, 0.2) is 18.2 Å². The Morgan fingerprint density at radius 2 is 2.14 bits per heavy atom. The van der Waals surface area contributed by atoms with Crippen LogP contribution in [-0.2, 0) is 4.79 Å². The normalized spacial score (nSPS) is 9.52. The maximum absolute atomic E-state index is 13.8. The molecule has 1 rings (SSSR count). The van der Waals surface area contributed by atoms with Crippen molar-refractivity contribution in [2.45, 2.75) is 6.92 Å². The third kappa shape index (κ3) is 4.89. The van der Waals surface area contributed by atoms with Crippen molar-refractivity contribution in [1.29, 1.82) is 0 Å². The molecule has 0 unspecified atom stereocenters. The molecule has 1 aromatic carbocycles. The van der Waals surface area contributed by atoms with Gasteiger partial charge in [-0.15, -0.1) is 0 Å². The van der Waals surface area contributed by atoms with Gasteiger partial charge in [-0.05, 0) is 25.1 Å². The molecule has 0 bridgehead atoms. The van der Waals surface area contributed by atoms with Crippen LogP contribution in [0, 0.1) is 17.7 Å². The monoisotopic (exact) mass is 292 g/mol. The lowest BCUT2D eigenvalue weighted by molar-refractivity contribution is -0.128. The van der Waals surface area contributed by atoms with Crippen molar-refractivity contribution in [3.05, 3.63) is 35.1 Å². The van der Waals surface area contributed by atoms with E-state index in [0.29, 0.717) is 12.1 Å². The van der Waals surface area contributed by atoms with Crippen molar-refractivity contribution in [3.63, 3.8) is 0 Å². The van der Waals surface area contributed by atoms with E-state index in [-0.39, 0.29) is 24.6 Å². The summed E-state index contributed by atoms with van der Waals surface area (Å²) in [6.45, 7) is 1.83. The summed E-state index contributed by atoms with van der Waals surface area (Å²) in [5.41, 5.74) is 0.205. The number of aliphatic hydroxyl groups excluding tert-OH is 1. The average Bonchev–Trinajstić information content (AvgIpc) is 2.49. The van der Waals surface area contributed by atoms with Crippen LogP contribution in [0.25, 0.3) is 0 Å². The second kappa shape index (κ2) is 8.02. The number of hydrogen-bond donors (Lipinski definition) is 2. The zero-order valence-electron chi connectivity index (χ0n) is 11.9. The number of benzene rings is 1. The van der Waals surface area contributed by atoms with E-state index in [4.69, 9.17) is 5.11 Å². The smallest absolute Gasteiger partial charge is 0.254 e. The quantitative estimate of drug-likeness (QED) is 0.788. The van der Waals surface area contributed by atoms with E-state index in [0.717, 1.165) is 6.07 Å². The Balaban J connectivity index is 2.73. The second-order valence-corrected chi connectivity index (χ2v) is 4.25. The second-order valence-electron chi connectivity index (χ2n) is 4.25. The van der Waals surface area contributed by atoms with E-state index >= 15 is 0 Å². The van der Waals surface area contributed by atoms with E-state index in [1.54, 1.807) is 7.05 Å². The van der Waals surface area contributed by atoms with Gasteiger partial charge in [0, 0.05) is 19.2 Å². The lowest BCUT2D eigenvalue weighted by Gasteiger charge is -2.14. The summed E-state index contributed by atoms with van der Waals surface area (Å²) in [5, 5.41) is 10.9. The number of nitrogens with zero attached hydrogens (tertiary/aromatic N) is 1. The lowest BCUT2D eigenvalue weighted by atomic mass is 10.1. The van der Waals surface area contributed by atoms with Crippen LogP contribution in [0.5, 0.6) is 0 Å². The SMILES string of the molecule is CCN(C)C(=O)CNC(=O)c1ccc(C#CCO)cc1F. The maximum atomic E-state index is 13.8. The molecule has 0 atom stereocenters. The first-order valence-electron chi connectivity index (χ1n) is 6.41. The Hall–Kier alpha value is -2.39. The number of amides is 2. The maximum Gasteiger partial charge on any atom is 0.254 e. The van der Waals surface area contributed by atoms with Gasteiger partial charge in [-0.25, -0.2) is 4.39 Å². The molecule has 5 nitrogen and oxygen atoms in total. The summed E-state index contributed by atoms with van der Waals surface area (Å²) >= 11 is 0. The van der Waals surface area contributed by atoms with Gasteiger partial charge in [-0.3, -0.25) is 9.59 Å². The Bertz CT molecular complexity index is 590. The van der Waals surface area contributed by atoms with Gasteiger partial charge in [0.2, 0.25) is 5.91 Å². The number of hydrogen-bond acceptors (Lipinski definition) is 3. The first-order valence-corrected chi connectivity index (χ1v) is 6.41. The molecule has 112 valence electrons. The van der Waals surface area contributed by atoms with Crippen molar-refractivity contribution in [1.82, 2.24) is 10.2 Å². The molecule has 21 heavy (non-hydrogen) atoms. The summed E-state index contributed by atoms with van der Waals surface area (Å²) in [5.74, 6) is 3.29. The summed E-state index contributed by atoms with van der Waals surface area (Å²) in [7, 11) is 1.61. The number of carbonyl (C=O) groups is 2. The van der Waals surface area contributed by atoms with Crippen molar-refractivity contribution in [2.75, 3.05) is 26.7 Å². The fourth-order valence-electron chi connectivity index (χ4n) is 1.48. The average molecular weight is 292 g/mol. The van der Waals surface area contributed by atoms with Gasteiger partial charge in [0.15, 0.2) is 0 Å². The van der Waals surface area contributed by atoms with Gasteiger partial charge in [0.1, 0.15) is 12.4 Å². The molecule has 2 amide bonds. The van der Waals surface area contributed by atoms with Gasteiger partial charge in [-0.2, -0.15) is 0 Å². The minimum atomic E-state index is -0.728. The Kier molecular flexibility index (Phi) is 6.37. The molecule has 0 saturated carbocycles. The highest BCUT2D eigenvalue weighted by Crippen LogP contribution is 2.09. The largest absolute Gasteiger partial charge is 0.384 e. The highest BCUT2D eigenvalue weighted by molar-refractivity contribution is 5.96. The Morgan fingerprint density at radius 3 is 2.71 bits per heavy atom. The molecule has 0 fully saturated rings. The van der Waals surface area contributed by atoms with E-state index in [1.807, 2.05) is 6.92 Å². The van der Waals surface area contributed by atoms with Crippen LogP contribution < -0.4 is 5.32 Å². The number of carbonyl (C=O) groups excluding carboxylic acids is 2. The summed E-state index contributed by atoms with van der Waals surface area (Å²) < 4.78 is 13.8. The van der Waals surface area contributed by atoms with Crippen LogP contribution in [0.1, 0.15) is 22.8 Å². The zero-order valence-corrected chi connectivity index (χ0v) is 11.9. The van der Waals surface area contributed by atoms with Crippen molar-refractivity contribution in [3.8, 4) is 11.8 Å². The number of aliphatic hydroxyl groups is 1. The van der Waals surface area contributed by atoms with Crippen molar-refractivity contribution < 1.29 is 19.1 Å². The summed E-state index contributed by atoms with van der Waals surface area (Å²) in [4.78, 5) is 24.8. The van der Waals surface area contributed by atoms with Crippen LogP contribution in [0.3, 0.4) is 0 Å². The highest BCUT2D eigenvalue weighted by atomic mass is 19.1. The number of rotatable bonds is 4. The van der Waals surface area contributed by atoms with Gasteiger partial charge < -0.3 is 15.3 Å². The molecule has 0 aliphatic rings. The molecule has 0 aromatic heterocycles. The first-order chi connectivity index (χ1) is 9.99. The Labute approximate surface area is 122 Å². The van der Waals surface area contributed by atoms with E-state index in [9.17, 15) is 14.0 Å². The number of likely N-dealkylation sites (N-methyl/N-ethyl adjacent to an activating group) is 1. The topological polar surface area (TPSA) is 69.6 Å². The summed E-state index contributed by atoms with van der Waals surface area (Å²) in [6, 6.07) is 3.87. The molecule has 1 aromatic rings. The third-order valence-corrected chi connectivity index (χ3v) is 2.83. The van der Waals surface area contributed by atoms with Gasteiger partial charge in [0.25, 0.3) is 5.91 Å². The van der Waals surface area contributed by atoms with E-state index < -0.39 is 11.7 Å². The lowest BCUT2D eigenvalue weighted by Crippen LogP contribution is -2.38. The van der Waals surface area contributed by atoms with Crippen molar-refractivity contribution in [2.24, 2.45) is 0 Å². The molecule has 0 radical (unpaired) electrons. The minimum Gasteiger partial charge on any atom is -0.384 e. The van der Waals surface area contributed by atoms with Gasteiger partial charge in [-0.1, -0.05) is 11.8 Å². The summed E-state index contributed by atoms with van der Waals surface area (Å²) in [6.07, 6.45) is 0. The van der Waals surface area contributed by atoms with Gasteiger partial charge >= 0.3 is 0 Å². The van der Waals surface area contributed by atoms with Gasteiger partial charge in [0.05, 0.1) is 12.1 Å². The predicted molar refractivity (Wildman–Crippen MR) is 76.0 cm³/mol. The molecular weight excluding hydrogens is 275 g/mol. The Morgan fingerprint density at radius 1 is 1.43 bits per heavy atom. The predicted octanol–water partition coefficient (Wildman–Crippen LogP) is 0.378. The standard InChI is InChI=1S/C15H17FN2O3/c1-3-18(2)14(20)10-17-15(21)12-7-6-11(5-4-8-19)9-13(12)16/h6-7,9,19H,3,8,10H2,1-2H3,(H,17,21). The van der Waals surface area contributed by atoms with E-state index in [2.05, 4.69) is 17.2 Å². The fraction of sp³-hybridized carbons (Fsp3) is 0.333. The molecule has 0 heterocycles. The minimum absolute atomic E-state index is 0.156. The van der Waals surface area contributed by atoms with Crippen LogP contribution in [0.2, 0.25) is 0 Å². The van der Waals surface area contributed by atoms with Crippen LogP contribution >= 0.6 is 0 Å². The number of nitrogens with one attached hydrogen (secondary N) is 1. The third-order valence-electron chi connectivity index (χ3n) is 2.83. The highest BCUT2D eigenvalue weighted by Gasteiger charge is 2.14. The molecule has 6 heteroatoms. The van der Waals surface area contributed by atoms with E-state index in [1.165, 1.54) is 17.0 Å². The van der Waals surface area contributed by atoms with Crippen molar-refractivity contribution >= 4 is 11.8 Å².